The van der Waals surface area contributed by atoms with Crippen LogP contribution in [-0.4, -0.2) is 58.8 Å². The zero-order valence-corrected chi connectivity index (χ0v) is 6.87. The maximum absolute atomic E-state index is 9.97. The molecule has 1 heterocycles. The number of nitrogens with one attached hydrogen (secondary N) is 1. The average Bonchev–Trinajstić information content (AvgIpc) is 2.12. The molecule has 0 spiro atoms. The molecule has 0 bridgehead atoms. The monoisotopic (exact) mass is 154 g/mol. The molecule has 0 atom stereocenters. The zero-order chi connectivity index (χ0) is 5.98. The van der Waals surface area contributed by atoms with E-state index in [0.29, 0.717) is 0 Å². The molecule has 0 saturated carbocycles. The van der Waals surface area contributed by atoms with E-state index in [1.807, 2.05) is 0 Å². The fourth-order valence-electron chi connectivity index (χ4n) is 0.382. The van der Waals surface area contributed by atoms with E-state index in [1.165, 1.54) is 12.4 Å². The molecule has 0 aliphatic carbocycles. The summed E-state index contributed by atoms with van der Waals surface area (Å²) in [5, 5.41) is 8.18. The van der Waals surface area contributed by atoms with Crippen molar-refractivity contribution in [3.8, 4) is 0 Å². The maximum atomic E-state index is 9.97. The summed E-state index contributed by atoms with van der Waals surface area (Å²) in [6.45, 7) is 0. The van der Waals surface area contributed by atoms with E-state index in [1.54, 1.807) is 0 Å². The van der Waals surface area contributed by atoms with E-state index in [9.17, 15) is 4.79 Å². The van der Waals surface area contributed by atoms with E-state index >= 15 is 0 Å². The second kappa shape index (κ2) is 3.87. The molecule has 0 aromatic carbocycles. The van der Waals surface area contributed by atoms with Crippen LogP contribution in [0.25, 0.3) is 0 Å². The van der Waals surface area contributed by atoms with Gasteiger partial charge in [-0.3, -0.25) is 0 Å². The number of hydrogen-bond acceptors (Lipinski definition) is 2. The van der Waals surface area contributed by atoms with Crippen molar-refractivity contribution in [2.75, 3.05) is 0 Å². The molecule has 0 radical (unpaired) electrons. The molecule has 9 heavy (non-hydrogen) atoms. The zero-order valence-electron chi connectivity index (χ0n) is 6.66. The predicted molar refractivity (Wildman–Crippen MR) is 33.5 cm³/mol. The van der Waals surface area contributed by atoms with Gasteiger partial charge in [0.15, 0.2) is 0 Å². The molecule has 0 saturated heterocycles. The molecule has 0 fully saturated rings. The van der Waals surface area contributed by atoms with Crippen molar-refractivity contribution in [1.82, 2.24) is 9.97 Å². The van der Waals surface area contributed by atoms with E-state index in [0.717, 1.165) is 0 Å². The SMILES string of the molecule is O=C(O)c1ncc[nH]1.[Ca+2].[H-].[H-]. The first kappa shape index (κ1) is 8.94. The number of imidazole rings is 1. The maximum Gasteiger partial charge on any atom is 2.00 e. The Balaban J connectivity index is -0.000000213. The van der Waals surface area contributed by atoms with Crippen LogP contribution >= 0.6 is 0 Å². The van der Waals surface area contributed by atoms with Gasteiger partial charge in [0, 0.05) is 12.4 Å². The molecule has 0 unspecified atom stereocenters. The second-order valence-electron chi connectivity index (χ2n) is 1.24. The van der Waals surface area contributed by atoms with Gasteiger partial charge in [-0.05, 0) is 0 Å². The van der Waals surface area contributed by atoms with Crippen LogP contribution in [0, 0.1) is 0 Å². The number of aromatic amines is 1. The van der Waals surface area contributed by atoms with Crippen LogP contribution < -0.4 is 0 Å². The van der Waals surface area contributed by atoms with Crippen LogP contribution in [0.2, 0.25) is 0 Å². The van der Waals surface area contributed by atoms with Crippen LogP contribution in [0.4, 0.5) is 0 Å². The minimum atomic E-state index is -1.03. The first-order chi connectivity index (χ1) is 3.80. The fraction of sp³-hybridized carbons (Fsp3) is 0. The molecule has 0 amide bonds. The van der Waals surface area contributed by atoms with Crippen molar-refractivity contribution >= 4 is 43.7 Å². The van der Waals surface area contributed by atoms with Crippen molar-refractivity contribution in [2.24, 2.45) is 0 Å². The average molecular weight is 154 g/mol. The van der Waals surface area contributed by atoms with Crippen molar-refractivity contribution in [1.29, 1.82) is 0 Å². The van der Waals surface area contributed by atoms with Gasteiger partial charge in [-0.1, -0.05) is 0 Å². The number of rotatable bonds is 1. The number of H-pyrrole nitrogens is 1. The van der Waals surface area contributed by atoms with Gasteiger partial charge in [0.25, 0.3) is 0 Å². The summed E-state index contributed by atoms with van der Waals surface area (Å²) in [7, 11) is 0. The van der Waals surface area contributed by atoms with Crippen LogP contribution in [-0.2, 0) is 0 Å². The smallest absolute Gasteiger partial charge is 1.00 e. The van der Waals surface area contributed by atoms with E-state index in [-0.39, 0.29) is 46.4 Å². The Bertz CT molecular complexity index is 192. The third kappa shape index (κ3) is 2.34. The molecule has 46 valence electrons. The molecule has 1 aromatic rings. The molecular formula is C4H6CaN2O2. The van der Waals surface area contributed by atoms with Crippen molar-refractivity contribution in [3.05, 3.63) is 18.2 Å². The first-order valence-electron chi connectivity index (χ1n) is 2.03. The molecule has 0 aliphatic heterocycles. The van der Waals surface area contributed by atoms with Gasteiger partial charge in [-0.15, -0.1) is 0 Å². The number of nitrogens with zero attached hydrogens (tertiary/aromatic N) is 1. The summed E-state index contributed by atoms with van der Waals surface area (Å²) in [5.74, 6) is -1.06. The fourth-order valence-corrected chi connectivity index (χ4v) is 0.382. The number of carboxylic acid groups (broad SMARTS) is 1. The Labute approximate surface area is 84.3 Å². The minimum Gasteiger partial charge on any atom is -1.00 e. The van der Waals surface area contributed by atoms with Crippen molar-refractivity contribution in [3.63, 3.8) is 0 Å². The number of hydrogen-bond donors (Lipinski definition) is 2. The van der Waals surface area contributed by atoms with Crippen LogP contribution in [0.1, 0.15) is 13.5 Å². The standard InChI is InChI=1S/C4H4N2O2.Ca.2H/c7-4(8)3-5-1-2-6-3;;;/h1-2H,(H,5,6)(H,7,8);;;/q;+2;2*-1. The van der Waals surface area contributed by atoms with Gasteiger partial charge in [0.2, 0.25) is 5.82 Å². The molecule has 1 aromatic heterocycles. The van der Waals surface area contributed by atoms with E-state index < -0.39 is 5.97 Å². The van der Waals surface area contributed by atoms with Crippen LogP contribution in [0.3, 0.4) is 0 Å². The Morgan fingerprint density at radius 2 is 2.56 bits per heavy atom. The summed E-state index contributed by atoms with van der Waals surface area (Å²) in [5.41, 5.74) is 0. The van der Waals surface area contributed by atoms with Gasteiger partial charge in [-0.25, -0.2) is 9.78 Å². The van der Waals surface area contributed by atoms with Crippen molar-refractivity contribution in [2.45, 2.75) is 0 Å². The largest absolute Gasteiger partial charge is 2.00 e. The normalized spacial score (nSPS) is 8.00. The van der Waals surface area contributed by atoms with Gasteiger partial charge in [0.05, 0.1) is 0 Å². The molecule has 1 rings (SSSR count). The quantitative estimate of drug-likeness (QED) is 0.557. The Morgan fingerprint density at radius 3 is 2.78 bits per heavy atom. The summed E-state index contributed by atoms with van der Waals surface area (Å²) < 4.78 is 0. The topological polar surface area (TPSA) is 66.0 Å². The number of carbonyl (C=O) groups is 1. The van der Waals surface area contributed by atoms with E-state index in [2.05, 4.69) is 9.97 Å². The van der Waals surface area contributed by atoms with Crippen LogP contribution in [0.5, 0.6) is 0 Å². The summed E-state index contributed by atoms with van der Waals surface area (Å²) in [6.07, 6.45) is 2.85. The number of aromatic nitrogens is 2. The van der Waals surface area contributed by atoms with Gasteiger partial charge in [-0.2, -0.15) is 0 Å². The Kier molecular flexibility index (Phi) is 3.84. The molecular weight excluding hydrogens is 148 g/mol. The first-order valence-corrected chi connectivity index (χ1v) is 2.03. The predicted octanol–water partition coefficient (Wildman–Crippen LogP) is -0.0479. The summed E-state index contributed by atoms with van der Waals surface area (Å²) in [6, 6.07) is 0. The molecule has 4 nitrogen and oxygen atoms in total. The van der Waals surface area contributed by atoms with Crippen LogP contribution in [0.15, 0.2) is 12.4 Å². The van der Waals surface area contributed by atoms with E-state index in [4.69, 9.17) is 5.11 Å². The summed E-state index contributed by atoms with van der Waals surface area (Å²) >= 11 is 0. The van der Waals surface area contributed by atoms with Gasteiger partial charge in [0.1, 0.15) is 0 Å². The third-order valence-corrected chi connectivity index (χ3v) is 0.701. The third-order valence-electron chi connectivity index (χ3n) is 0.701. The van der Waals surface area contributed by atoms with Gasteiger partial charge >= 0.3 is 43.7 Å². The minimum absolute atomic E-state index is 0. The Hall–Kier alpha value is -0.0603. The second-order valence-corrected chi connectivity index (χ2v) is 1.24. The summed E-state index contributed by atoms with van der Waals surface area (Å²) in [4.78, 5) is 15.9. The van der Waals surface area contributed by atoms with Crippen molar-refractivity contribution < 1.29 is 12.8 Å². The Morgan fingerprint density at radius 1 is 1.89 bits per heavy atom. The molecule has 5 heteroatoms. The van der Waals surface area contributed by atoms with Gasteiger partial charge < -0.3 is 12.9 Å². The number of aromatic carboxylic acids is 1. The number of carboxylic acids is 1. The molecule has 0 aliphatic rings. The molecule has 2 N–H and O–H groups in total.